The number of hydrogen-bond donors (Lipinski definition) is 1. The van der Waals surface area contributed by atoms with Crippen LogP contribution in [0.4, 0.5) is 4.79 Å². The van der Waals surface area contributed by atoms with Crippen molar-refractivity contribution in [2.45, 2.75) is 37.6 Å². The van der Waals surface area contributed by atoms with Crippen molar-refractivity contribution < 1.29 is 4.79 Å². The Morgan fingerprint density at radius 1 is 1.26 bits per heavy atom. The summed E-state index contributed by atoms with van der Waals surface area (Å²) in [6, 6.07) is 9.20. The average Bonchev–Trinajstić information content (AvgIpc) is 2.54. The summed E-state index contributed by atoms with van der Waals surface area (Å²) in [4.78, 5) is 17.2. The van der Waals surface area contributed by atoms with Crippen LogP contribution in [0.3, 0.4) is 0 Å². The minimum atomic E-state index is 0.161. The minimum Gasteiger partial charge on any atom is -0.337 e. The van der Waals surface area contributed by atoms with Crippen molar-refractivity contribution in [2.24, 2.45) is 5.92 Å². The number of carbonyl (C=O) groups excluding carboxylic acids is 1. The van der Waals surface area contributed by atoms with Crippen molar-refractivity contribution >= 4 is 6.03 Å². The van der Waals surface area contributed by atoms with Crippen molar-refractivity contribution in [2.75, 3.05) is 33.2 Å². The van der Waals surface area contributed by atoms with Gasteiger partial charge in [0.15, 0.2) is 0 Å². The van der Waals surface area contributed by atoms with E-state index in [2.05, 4.69) is 46.4 Å². The van der Waals surface area contributed by atoms with Crippen LogP contribution in [0, 0.1) is 5.92 Å². The van der Waals surface area contributed by atoms with Crippen LogP contribution in [0.5, 0.6) is 0 Å². The zero-order valence-corrected chi connectivity index (χ0v) is 14.0. The second-order valence-electron chi connectivity index (χ2n) is 7.50. The summed E-state index contributed by atoms with van der Waals surface area (Å²) in [5.41, 5.74) is 2.86. The van der Waals surface area contributed by atoms with Gasteiger partial charge in [0.25, 0.3) is 0 Å². The predicted octanol–water partition coefficient (Wildman–Crippen LogP) is 2.45. The number of hydrogen-bond acceptors (Lipinski definition) is 2. The van der Waals surface area contributed by atoms with E-state index >= 15 is 0 Å². The highest BCUT2D eigenvalue weighted by Gasteiger charge is 2.37. The molecule has 1 aromatic carbocycles. The minimum absolute atomic E-state index is 0.161. The molecule has 3 unspecified atom stereocenters. The van der Waals surface area contributed by atoms with Gasteiger partial charge in [-0.15, -0.1) is 0 Å². The Labute approximate surface area is 138 Å². The maximum absolute atomic E-state index is 12.7. The van der Waals surface area contributed by atoms with E-state index in [4.69, 9.17) is 0 Å². The highest BCUT2D eigenvalue weighted by atomic mass is 16.2. The molecule has 4 nitrogen and oxygen atoms in total. The van der Waals surface area contributed by atoms with Gasteiger partial charge in [0.2, 0.25) is 0 Å². The van der Waals surface area contributed by atoms with E-state index in [0.29, 0.717) is 17.9 Å². The van der Waals surface area contributed by atoms with Crippen LogP contribution in [0.25, 0.3) is 0 Å². The molecule has 3 atom stereocenters. The Morgan fingerprint density at radius 3 is 3.00 bits per heavy atom. The van der Waals surface area contributed by atoms with Crippen LogP contribution in [-0.4, -0.2) is 55.1 Å². The fourth-order valence-electron chi connectivity index (χ4n) is 4.69. The number of carbonyl (C=O) groups is 1. The number of rotatable bonds is 2. The first-order valence-electron chi connectivity index (χ1n) is 9.03. The van der Waals surface area contributed by atoms with Crippen molar-refractivity contribution in [3.8, 4) is 0 Å². The molecule has 0 bridgehead atoms. The molecule has 0 aromatic heterocycles. The zero-order valence-electron chi connectivity index (χ0n) is 14.0. The Kier molecular flexibility index (Phi) is 4.02. The van der Waals surface area contributed by atoms with Crippen LogP contribution >= 0.6 is 0 Å². The van der Waals surface area contributed by atoms with Crippen molar-refractivity contribution in [1.29, 1.82) is 0 Å². The van der Waals surface area contributed by atoms with Crippen LogP contribution in [-0.2, 0) is 6.42 Å². The van der Waals surface area contributed by atoms with Gasteiger partial charge in [0, 0.05) is 31.6 Å². The van der Waals surface area contributed by atoms with E-state index in [1.165, 1.54) is 17.5 Å². The molecular weight excluding hydrogens is 286 g/mol. The van der Waals surface area contributed by atoms with Gasteiger partial charge >= 0.3 is 6.03 Å². The Hall–Kier alpha value is -1.55. The summed E-state index contributed by atoms with van der Waals surface area (Å²) in [6.45, 7) is 3.97. The number of likely N-dealkylation sites (tertiary alicyclic amines) is 2. The number of nitrogens with zero attached hydrogens (tertiary/aromatic N) is 2. The van der Waals surface area contributed by atoms with E-state index < -0.39 is 0 Å². The summed E-state index contributed by atoms with van der Waals surface area (Å²) < 4.78 is 0. The number of piperidine rings is 2. The van der Waals surface area contributed by atoms with Gasteiger partial charge in [-0.1, -0.05) is 24.3 Å². The molecular formula is C19H27N3O. The molecule has 2 fully saturated rings. The molecule has 2 aliphatic heterocycles. The second-order valence-corrected chi connectivity index (χ2v) is 7.50. The predicted molar refractivity (Wildman–Crippen MR) is 91.6 cm³/mol. The molecule has 3 aliphatic rings. The largest absolute Gasteiger partial charge is 0.337 e. The molecule has 0 radical (unpaired) electrons. The highest BCUT2D eigenvalue weighted by molar-refractivity contribution is 5.75. The third-order valence-corrected chi connectivity index (χ3v) is 5.99. The fraction of sp³-hybridized carbons (Fsp3) is 0.632. The lowest BCUT2D eigenvalue weighted by atomic mass is 9.77. The van der Waals surface area contributed by atoms with E-state index in [0.717, 1.165) is 45.4 Å². The maximum atomic E-state index is 12.7. The van der Waals surface area contributed by atoms with Gasteiger partial charge < -0.3 is 15.1 Å². The first kappa shape index (κ1) is 15.0. The van der Waals surface area contributed by atoms with Crippen molar-refractivity contribution in [3.05, 3.63) is 35.4 Å². The lowest BCUT2D eigenvalue weighted by molar-refractivity contribution is 0.0532. The molecule has 4 heteroatoms. The van der Waals surface area contributed by atoms with Crippen LogP contribution in [0.15, 0.2) is 24.3 Å². The van der Waals surface area contributed by atoms with Gasteiger partial charge in [-0.25, -0.2) is 4.79 Å². The lowest BCUT2D eigenvalue weighted by Crippen LogP contribution is -2.57. The molecule has 1 aliphatic carbocycles. The van der Waals surface area contributed by atoms with E-state index in [-0.39, 0.29) is 6.03 Å². The Balaban J connectivity index is 1.34. The lowest BCUT2D eigenvalue weighted by Gasteiger charge is -2.46. The maximum Gasteiger partial charge on any atom is 0.317 e. The third kappa shape index (κ3) is 2.85. The fourth-order valence-corrected chi connectivity index (χ4v) is 4.69. The smallest absolute Gasteiger partial charge is 0.317 e. The molecule has 0 saturated carbocycles. The highest BCUT2D eigenvalue weighted by Crippen LogP contribution is 2.34. The zero-order chi connectivity index (χ0) is 15.8. The summed E-state index contributed by atoms with van der Waals surface area (Å²) in [7, 11) is 2.20. The summed E-state index contributed by atoms with van der Waals surface area (Å²) in [6.07, 6.45) is 4.65. The van der Waals surface area contributed by atoms with Crippen LogP contribution < -0.4 is 5.32 Å². The van der Waals surface area contributed by atoms with Crippen LogP contribution in [0.1, 0.15) is 36.3 Å². The van der Waals surface area contributed by atoms with Crippen LogP contribution in [0.2, 0.25) is 0 Å². The second kappa shape index (κ2) is 6.16. The van der Waals surface area contributed by atoms with Gasteiger partial charge in [0.05, 0.1) is 0 Å². The number of urea groups is 1. The molecule has 4 rings (SSSR count). The van der Waals surface area contributed by atoms with E-state index in [1.807, 2.05) is 0 Å². The summed E-state index contributed by atoms with van der Waals surface area (Å²) >= 11 is 0. The average molecular weight is 313 g/mol. The number of nitrogens with one attached hydrogen (secondary N) is 1. The first-order chi connectivity index (χ1) is 11.2. The topological polar surface area (TPSA) is 35.6 Å². The van der Waals surface area contributed by atoms with Gasteiger partial charge in [-0.2, -0.15) is 0 Å². The van der Waals surface area contributed by atoms with Gasteiger partial charge in [0.1, 0.15) is 0 Å². The molecule has 2 saturated heterocycles. The van der Waals surface area contributed by atoms with Crippen molar-refractivity contribution in [1.82, 2.24) is 15.1 Å². The molecule has 124 valence electrons. The Morgan fingerprint density at radius 2 is 2.13 bits per heavy atom. The summed E-state index contributed by atoms with van der Waals surface area (Å²) in [5.74, 6) is 1.17. The molecule has 23 heavy (non-hydrogen) atoms. The molecule has 0 spiro atoms. The van der Waals surface area contributed by atoms with Gasteiger partial charge in [-0.05, 0) is 56.3 Å². The number of amides is 2. The number of benzene rings is 1. The standard InChI is InChI=1S/C19H27N3O/c1-21-10-8-18-15(13-21)6-4-9-22(18)19(23)20-12-16-11-14-5-2-3-7-17(14)16/h2-3,5,7,15-16,18H,4,6,8-13H2,1H3,(H,20,23). The third-order valence-electron chi connectivity index (χ3n) is 5.99. The molecule has 1 N–H and O–H groups in total. The quantitative estimate of drug-likeness (QED) is 0.910. The van der Waals surface area contributed by atoms with Gasteiger partial charge in [-0.3, -0.25) is 0 Å². The SMILES string of the molecule is CN1CCC2C(CCCN2C(=O)NCC2Cc3ccccc32)C1. The summed E-state index contributed by atoms with van der Waals surface area (Å²) in [5, 5.41) is 3.21. The number of fused-ring (bicyclic) bond motifs is 2. The normalized spacial score (nSPS) is 30.1. The molecule has 2 heterocycles. The molecule has 1 aromatic rings. The van der Waals surface area contributed by atoms with E-state index in [9.17, 15) is 4.79 Å². The Bertz CT molecular complexity index is 588. The molecule has 2 amide bonds. The van der Waals surface area contributed by atoms with E-state index in [1.54, 1.807) is 0 Å². The first-order valence-corrected chi connectivity index (χ1v) is 9.03. The van der Waals surface area contributed by atoms with Crippen molar-refractivity contribution in [3.63, 3.8) is 0 Å². The monoisotopic (exact) mass is 313 g/mol.